The van der Waals surface area contributed by atoms with Crippen molar-refractivity contribution in [2.24, 2.45) is 0 Å². The SMILES string of the molecule is CCCc1nc2ccc(C)cc2s1.CCc1nc2ccc(C)cc2s1.Cc1nc(-c2ccccc2)nc(N(C)C)n1.Cc1nc(N(C)C)nc(N(C)C)n1. The van der Waals surface area contributed by atoms with Gasteiger partial charge in [-0.15, -0.1) is 22.7 Å². The monoisotopic (exact) mass is 763 g/mol. The van der Waals surface area contributed by atoms with Gasteiger partial charge in [0.2, 0.25) is 17.8 Å². The Hall–Kier alpha value is -5.14. The summed E-state index contributed by atoms with van der Waals surface area (Å²) in [6.07, 6.45) is 3.33. The van der Waals surface area contributed by atoms with Crippen LogP contribution in [-0.4, -0.2) is 82.2 Å². The Labute approximate surface area is 328 Å². The molecule has 0 bridgehead atoms. The molecule has 0 radical (unpaired) electrons. The first-order chi connectivity index (χ1) is 25.8. The third-order valence-corrected chi connectivity index (χ3v) is 9.87. The Balaban J connectivity index is 0.000000161. The molecule has 0 amide bonds. The fourth-order valence-electron chi connectivity index (χ4n) is 4.87. The van der Waals surface area contributed by atoms with E-state index in [4.69, 9.17) is 0 Å². The van der Waals surface area contributed by atoms with E-state index in [0.717, 1.165) is 46.9 Å². The number of anilines is 3. The van der Waals surface area contributed by atoms with E-state index in [1.54, 1.807) is 11.3 Å². The molecular weight excluding hydrogens is 711 g/mol. The van der Waals surface area contributed by atoms with Gasteiger partial charge in [0.05, 0.1) is 30.4 Å². The molecule has 7 aromatic rings. The van der Waals surface area contributed by atoms with Gasteiger partial charge in [0.1, 0.15) is 11.6 Å². The molecule has 0 N–H and O–H groups in total. The van der Waals surface area contributed by atoms with Crippen molar-refractivity contribution in [3.05, 3.63) is 99.5 Å². The van der Waals surface area contributed by atoms with E-state index in [1.807, 2.05) is 113 Å². The quantitative estimate of drug-likeness (QED) is 0.155. The molecule has 4 heterocycles. The van der Waals surface area contributed by atoms with E-state index in [0.29, 0.717) is 17.8 Å². The molecule has 0 aliphatic rings. The van der Waals surface area contributed by atoms with E-state index in [2.05, 4.69) is 104 Å². The number of benzene rings is 3. The van der Waals surface area contributed by atoms with Crippen LogP contribution in [0.5, 0.6) is 0 Å². The molecule has 0 unspecified atom stereocenters. The lowest BCUT2D eigenvalue weighted by Crippen LogP contribution is -2.19. The molecule has 11 nitrogen and oxygen atoms in total. The van der Waals surface area contributed by atoms with Gasteiger partial charge < -0.3 is 14.7 Å². The summed E-state index contributed by atoms with van der Waals surface area (Å²) < 4.78 is 2.63. The fourth-order valence-corrected chi connectivity index (χ4v) is 7.04. The van der Waals surface area contributed by atoms with Crippen LogP contribution in [0.2, 0.25) is 0 Å². The van der Waals surface area contributed by atoms with Crippen LogP contribution in [0.3, 0.4) is 0 Å². The number of thiazole rings is 2. The average Bonchev–Trinajstić information content (AvgIpc) is 3.75. The molecule has 0 fully saturated rings. The second-order valence-electron chi connectivity index (χ2n) is 13.3. The largest absolute Gasteiger partial charge is 0.347 e. The molecule has 7 rings (SSSR count). The molecule has 3 aromatic carbocycles. The van der Waals surface area contributed by atoms with Gasteiger partial charge in [-0.25, -0.2) is 15.0 Å². The van der Waals surface area contributed by atoms with Crippen molar-refractivity contribution < 1.29 is 0 Å². The van der Waals surface area contributed by atoms with Crippen molar-refractivity contribution in [2.45, 2.75) is 60.8 Å². The molecule has 0 saturated carbocycles. The van der Waals surface area contributed by atoms with Gasteiger partial charge in [-0.05, 0) is 82.3 Å². The zero-order valence-corrected chi connectivity index (χ0v) is 35.3. The Morgan fingerprint density at radius 3 is 1.44 bits per heavy atom. The first-order valence-corrected chi connectivity index (χ1v) is 19.6. The molecular formula is C41H53N11S2. The third kappa shape index (κ3) is 12.2. The van der Waals surface area contributed by atoms with E-state index in [1.165, 1.54) is 37.0 Å². The first kappa shape index (κ1) is 41.6. The molecule has 0 spiro atoms. The summed E-state index contributed by atoms with van der Waals surface area (Å²) in [5.41, 5.74) is 5.94. The normalized spacial score (nSPS) is 10.4. The molecule has 284 valence electrons. The molecule has 4 aromatic heterocycles. The minimum atomic E-state index is 0.686. The number of fused-ring (bicyclic) bond motifs is 2. The highest BCUT2D eigenvalue weighted by atomic mass is 32.1. The van der Waals surface area contributed by atoms with Crippen molar-refractivity contribution in [3.8, 4) is 11.4 Å². The zero-order valence-electron chi connectivity index (χ0n) is 33.7. The Morgan fingerprint density at radius 2 is 0.963 bits per heavy atom. The Kier molecular flexibility index (Phi) is 15.3. The van der Waals surface area contributed by atoms with E-state index >= 15 is 0 Å². The van der Waals surface area contributed by atoms with Gasteiger partial charge in [-0.3, -0.25) is 0 Å². The van der Waals surface area contributed by atoms with Crippen molar-refractivity contribution in [1.29, 1.82) is 0 Å². The summed E-state index contributed by atoms with van der Waals surface area (Å²) in [6, 6.07) is 22.8. The number of aromatic nitrogens is 8. The van der Waals surface area contributed by atoms with Crippen LogP contribution in [0, 0.1) is 27.7 Å². The number of aryl methyl sites for hydroxylation is 6. The second kappa shape index (κ2) is 19.8. The van der Waals surface area contributed by atoms with Crippen LogP contribution in [0.25, 0.3) is 31.8 Å². The Bertz CT molecular complexity index is 2200. The van der Waals surface area contributed by atoms with Crippen LogP contribution >= 0.6 is 22.7 Å². The predicted molar refractivity (Wildman–Crippen MR) is 230 cm³/mol. The second-order valence-corrected chi connectivity index (χ2v) is 15.5. The lowest BCUT2D eigenvalue weighted by molar-refractivity contribution is 0.883. The number of nitrogens with zero attached hydrogens (tertiary/aromatic N) is 11. The summed E-state index contributed by atoms with van der Waals surface area (Å²) in [5, 5.41) is 2.50. The van der Waals surface area contributed by atoms with Crippen LogP contribution in [-0.2, 0) is 12.8 Å². The number of rotatable bonds is 7. The molecule has 0 aliphatic carbocycles. The molecule has 13 heteroatoms. The number of hydrogen-bond donors (Lipinski definition) is 0. The van der Waals surface area contributed by atoms with Gasteiger partial charge in [0, 0.05) is 47.8 Å². The molecule has 0 atom stereocenters. The molecule has 0 aliphatic heterocycles. The fraction of sp³-hybridized carbons (Fsp3) is 0.366. The van der Waals surface area contributed by atoms with Gasteiger partial charge in [-0.1, -0.05) is 56.3 Å². The maximum absolute atomic E-state index is 4.56. The van der Waals surface area contributed by atoms with Gasteiger partial charge in [-0.2, -0.15) is 24.9 Å². The van der Waals surface area contributed by atoms with Crippen LogP contribution < -0.4 is 14.7 Å². The summed E-state index contributed by atoms with van der Waals surface area (Å²) in [6.45, 7) is 12.3. The van der Waals surface area contributed by atoms with Crippen molar-refractivity contribution >= 4 is 61.0 Å². The number of hydrogen-bond acceptors (Lipinski definition) is 13. The average molecular weight is 764 g/mol. The minimum absolute atomic E-state index is 0.686. The third-order valence-electron chi connectivity index (χ3n) is 7.63. The summed E-state index contributed by atoms with van der Waals surface area (Å²) in [7, 11) is 11.5. The highest BCUT2D eigenvalue weighted by Crippen LogP contribution is 2.24. The predicted octanol–water partition coefficient (Wildman–Crippen LogP) is 8.95. The van der Waals surface area contributed by atoms with Crippen LogP contribution in [0.15, 0.2) is 66.7 Å². The maximum Gasteiger partial charge on any atom is 0.229 e. The molecule has 54 heavy (non-hydrogen) atoms. The minimum Gasteiger partial charge on any atom is -0.347 e. The maximum atomic E-state index is 4.56. The van der Waals surface area contributed by atoms with E-state index in [9.17, 15) is 0 Å². The van der Waals surface area contributed by atoms with Gasteiger partial charge >= 0.3 is 0 Å². The van der Waals surface area contributed by atoms with Gasteiger partial charge in [0.25, 0.3) is 0 Å². The summed E-state index contributed by atoms with van der Waals surface area (Å²) in [4.78, 5) is 40.3. The van der Waals surface area contributed by atoms with Crippen LogP contribution in [0.4, 0.5) is 17.8 Å². The van der Waals surface area contributed by atoms with E-state index < -0.39 is 0 Å². The van der Waals surface area contributed by atoms with Crippen molar-refractivity contribution in [1.82, 2.24) is 39.9 Å². The highest BCUT2D eigenvalue weighted by molar-refractivity contribution is 7.18. The summed E-state index contributed by atoms with van der Waals surface area (Å²) in [5.74, 6) is 4.26. The first-order valence-electron chi connectivity index (χ1n) is 18.0. The van der Waals surface area contributed by atoms with Crippen molar-refractivity contribution in [2.75, 3.05) is 57.0 Å². The summed E-state index contributed by atoms with van der Waals surface area (Å²) >= 11 is 3.63. The standard InChI is InChI=1S/C12H14N4.C11H13NS.C10H11NS.C8H15N5/c1-9-13-11(10-7-5-4-6-8-10)15-12(14-9)16(2)3;1-3-4-11-12-9-6-5-8(2)7-10(9)13-11;1-3-10-11-8-5-4-7(2)6-9(8)12-10;1-6-9-7(12(2)3)11-8(10-6)13(4)5/h4-8H,1-3H3;5-7H,3-4H2,1-2H3;4-6H,3H2,1-2H3;1-5H3. The zero-order chi connectivity index (χ0) is 39.4. The van der Waals surface area contributed by atoms with Crippen LogP contribution in [0.1, 0.15) is 53.1 Å². The Morgan fingerprint density at radius 1 is 0.500 bits per heavy atom. The topological polar surface area (TPSA) is 113 Å². The van der Waals surface area contributed by atoms with Crippen molar-refractivity contribution in [3.63, 3.8) is 0 Å². The van der Waals surface area contributed by atoms with E-state index in [-0.39, 0.29) is 0 Å². The highest BCUT2D eigenvalue weighted by Gasteiger charge is 2.08. The molecule has 0 saturated heterocycles. The lowest BCUT2D eigenvalue weighted by Gasteiger charge is -2.14. The van der Waals surface area contributed by atoms with Gasteiger partial charge in [0.15, 0.2) is 5.82 Å². The lowest BCUT2D eigenvalue weighted by atomic mass is 10.2. The smallest absolute Gasteiger partial charge is 0.229 e.